The highest BCUT2D eigenvalue weighted by molar-refractivity contribution is 5.32. The maximum Gasteiger partial charge on any atom is 0.0933 e. The normalized spacial score (nSPS) is 33.6. The summed E-state index contributed by atoms with van der Waals surface area (Å²) in [7, 11) is 0. The molecule has 1 heterocycles. The lowest BCUT2D eigenvalue weighted by Gasteiger charge is -2.46. The minimum Gasteiger partial charge on any atom is -0.364 e. The first-order chi connectivity index (χ1) is 12.0. The van der Waals surface area contributed by atoms with Gasteiger partial charge in [-0.2, -0.15) is 0 Å². The molecular weight excluding hydrogens is 304 g/mol. The molecule has 1 heteroatoms. The summed E-state index contributed by atoms with van der Waals surface area (Å²) in [5.41, 5.74) is 3.65. The van der Waals surface area contributed by atoms with Crippen LogP contribution in [0.3, 0.4) is 0 Å². The molecule has 2 fully saturated rings. The van der Waals surface area contributed by atoms with Gasteiger partial charge in [-0.3, -0.25) is 0 Å². The summed E-state index contributed by atoms with van der Waals surface area (Å²) in [6.07, 6.45) is 19.4. The number of fused-ring (bicyclic) bond motifs is 1. The Kier molecular flexibility index (Phi) is 6.35. The van der Waals surface area contributed by atoms with Gasteiger partial charge >= 0.3 is 0 Å². The molecule has 0 aromatic carbocycles. The Morgan fingerprint density at radius 3 is 2.24 bits per heavy atom. The molecule has 0 aromatic heterocycles. The van der Waals surface area contributed by atoms with Crippen LogP contribution in [0, 0.1) is 11.8 Å². The van der Waals surface area contributed by atoms with E-state index in [4.69, 9.17) is 4.74 Å². The highest BCUT2D eigenvalue weighted by atomic mass is 16.5. The largest absolute Gasteiger partial charge is 0.364 e. The molecule has 3 aliphatic rings. The predicted octanol–water partition coefficient (Wildman–Crippen LogP) is 7.59. The average Bonchev–Trinajstić information content (AvgIpc) is 2.78. The van der Waals surface area contributed by atoms with E-state index in [2.05, 4.69) is 27.7 Å². The highest BCUT2D eigenvalue weighted by Gasteiger charge is 2.59. The van der Waals surface area contributed by atoms with Gasteiger partial charge in [0.1, 0.15) is 0 Å². The minimum absolute atomic E-state index is 0.0941. The topological polar surface area (TPSA) is 9.23 Å². The Morgan fingerprint density at radius 1 is 0.880 bits per heavy atom. The average molecular weight is 347 g/mol. The van der Waals surface area contributed by atoms with Crippen molar-refractivity contribution in [1.29, 1.82) is 0 Å². The van der Waals surface area contributed by atoms with Crippen molar-refractivity contribution >= 4 is 0 Å². The van der Waals surface area contributed by atoms with Crippen LogP contribution < -0.4 is 0 Å². The third-order valence-corrected chi connectivity index (χ3v) is 7.68. The summed E-state index contributed by atoms with van der Waals surface area (Å²) in [5.74, 6) is 1.58. The second kappa shape index (κ2) is 8.15. The Balaban J connectivity index is 1.55. The molecule has 144 valence electrons. The van der Waals surface area contributed by atoms with Gasteiger partial charge in [-0.05, 0) is 83.1 Å². The van der Waals surface area contributed by atoms with Crippen LogP contribution in [0.15, 0.2) is 11.1 Å². The monoisotopic (exact) mass is 346 g/mol. The van der Waals surface area contributed by atoms with Crippen LogP contribution in [-0.2, 0) is 4.74 Å². The first-order valence-electron chi connectivity index (χ1n) is 11.4. The second-order valence-electron chi connectivity index (χ2n) is 9.79. The van der Waals surface area contributed by atoms with Crippen LogP contribution in [0.1, 0.15) is 118 Å². The molecule has 0 amide bonds. The fraction of sp³-hybridized carbons (Fsp3) is 0.917. The van der Waals surface area contributed by atoms with Crippen molar-refractivity contribution in [1.82, 2.24) is 0 Å². The van der Waals surface area contributed by atoms with E-state index < -0.39 is 0 Å². The van der Waals surface area contributed by atoms with E-state index in [-0.39, 0.29) is 11.2 Å². The van der Waals surface area contributed by atoms with Crippen LogP contribution in [0.25, 0.3) is 0 Å². The zero-order valence-electron chi connectivity index (χ0n) is 17.5. The summed E-state index contributed by atoms with van der Waals surface area (Å²) in [5, 5.41) is 0. The lowest BCUT2D eigenvalue weighted by Crippen LogP contribution is -2.45. The van der Waals surface area contributed by atoms with Crippen molar-refractivity contribution in [2.24, 2.45) is 11.8 Å². The van der Waals surface area contributed by atoms with E-state index >= 15 is 0 Å². The molecule has 3 atom stereocenters. The van der Waals surface area contributed by atoms with Crippen LogP contribution in [0.5, 0.6) is 0 Å². The van der Waals surface area contributed by atoms with E-state index in [0.29, 0.717) is 0 Å². The first-order valence-corrected chi connectivity index (χ1v) is 11.4. The Labute approximate surface area is 157 Å². The van der Waals surface area contributed by atoms with Crippen LogP contribution in [-0.4, -0.2) is 11.2 Å². The van der Waals surface area contributed by atoms with Crippen molar-refractivity contribution in [3.05, 3.63) is 11.1 Å². The molecule has 3 rings (SSSR count). The van der Waals surface area contributed by atoms with E-state index in [0.717, 1.165) is 11.8 Å². The summed E-state index contributed by atoms with van der Waals surface area (Å²) in [4.78, 5) is 0. The van der Waals surface area contributed by atoms with Crippen molar-refractivity contribution in [3.8, 4) is 0 Å². The van der Waals surface area contributed by atoms with E-state index in [1.807, 2.05) is 0 Å². The standard InChI is InChI=1S/C24H42O/c1-5-6-7-8-9-10-11-12-13-22-19(2)14-15-20-16-17-21-18-24(20,22)25-23(21,3)4/h20-21H,5-18H2,1-4H3. The van der Waals surface area contributed by atoms with E-state index in [9.17, 15) is 0 Å². The fourth-order valence-corrected chi connectivity index (χ4v) is 6.11. The number of hydrogen-bond acceptors (Lipinski definition) is 1. The van der Waals surface area contributed by atoms with Gasteiger partial charge in [0.15, 0.2) is 0 Å². The molecule has 3 unspecified atom stereocenters. The zero-order chi connectivity index (χ0) is 17.9. The zero-order valence-corrected chi connectivity index (χ0v) is 17.5. The van der Waals surface area contributed by atoms with Gasteiger partial charge in [-0.1, -0.05) is 57.4 Å². The van der Waals surface area contributed by atoms with Crippen molar-refractivity contribution in [3.63, 3.8) is 0 Å². The molecule has 1 saturated heterocycles. The second-order valence-corrected chi connectivity index (χ2v) is 9.79. The maximum atomic E-state index is 6.91. The SMILES string of the molecule is CCCCCCCCCCC1=C(C)CCC2CCC3CC12OC3(C)C. The van der Waals surface area contributed by atoms with Crippen LogP contribution in [0.2, 0.25) is 0 Å². The molecule has 1 aliphatic heterocycles. The van der Waals surface area contributed by atoms with Gasteiger partial charge in [0, 0.05) is 0 Å². The number of rotatable bonds is 9. The highest BCUT2D eigenvalue weighted by Crippen LogP contribution is 2.60. The molecule has 1 saturated carbocycles. The molecule has 1 nitrogen and oxygen atoms in total. The van der Waals surface area contributed by atoms with Gasteiger partial charge in [0.2, 0.25) is 0 Å². The summed E-state index contributed by atoms with van der Waals surface area (Å²) >= 11 is 0. The van der Waals surface area contributed by atoms with Gasteiger partial charge in [-0.25, -0.2) is 0 Å². The third-order valence-electron chi connectivity index (χ3n) is 7.68. The molecule has 0 radical (unpaired) electrons. The van der Waals surface area contributed by atoms with Gasteiger partial charge in [0.05, 0.1) is 11.2 Å². The summed E-state index contributed by atoms with van der Waals surface area (Å²) in [6, 6.07) is 0. The van der Waals surface area contributed by atoms with E-state index in [1.54, 1.807) is 11.1 Å². The molecule has 25 heavy (non-hydrogen) atoms. The molecule has 0 N–H and O–H groups in total. The lowest BCUT2D eigenvalue weighted by molar-refractivity contribution is -0.0988. The summed E-state index contributed by atoms with van der Waals surface area (Å²) in [6.45, 7) is 9.41. The van der Waals surface area contributed by atoms with Gasteiger partial charge in [-0.15, -0.1) is 0 Å². The van der Waals surface area contributed by atoms with Crippen LogP contribution >= 0.6 is 0 Å². The third kappa shape index (κ3) is 4.02. The number of unbranched alkanes of at least 4 members (excludes halogenated alkanes) is 7. The molecule has 2 aliphatic carbocycles. The lowest BCUT2D eigenvalue weighted by atomic mass is 9.62. The Hall–Kier alpha value is -0.300. The number of ether oxygens (including phenoxy) is 1. The van der Waals surface area contributed by atoms with Crippen molar-refractivity contribution in [2.45, 2.75) is 129 Å². The molecular formula is C24H42O. The number of hydrogen-bond donors (Lipinski definition) is 0. The molecule has 0 aromatic rings. The predicted molar refractivity (Wildman–Crippen MR) is 108 cm³/mol. The number of allylic oxidation sites excluding steroid dienone is 1. The van der Waals surface area contributed by atoms with Crippen molar-refractivity contribution in [2.75, 3.05) is 0 Å². The quantitative estimate of drug-likeness (QED) is 0.308. The Bertz CT molecular complexity index is 474. The first kappa shape index (κ1) is 19.5. The van der Waals surface area contributed by atoms with Gasteiger partial charge in [0.25, 0.3) is 0 Å². The summed E-state index contributed by atoms with van der Waals surface area (Å²) < 4.78 is 6.91. The minimum atomic E-state index is 0.0941. The van der Waals surface area contributed by atoms with Gasteiger partial charge < -0.3 is 4.74 Å². The van der Waals surface area contributed by atoms with Crippen molar-refractivity contribution < 1.29 is 4.74 Å². The maximum absolute atomic E-state index is 6.91. The Morgan fingerprint density at radius 2 is 1.52 bits per heavy atom. The molecule has 1 spiro atoms. The van der Waals surface area contributed by atoms with Crippen LogP contribution in [0.4, 0.5) is 0 Å². The van der Waals surface area contributed by atoms with E-state index in [1.165, 1.54) is 89.9 Å². The fourth-order valence-electron chi connectivity index (χ4n) is 6.11. The molecule has 2 bridgehead atoms. The smallest absolute Gasteiger partial charge is 0.0933 e.